The smallest absolute Gasteiger partial charge is 0.183 e. The Labute approximate surface area is 197 Å². The molecule has 6 nitrogen and oxygen atoms in total. The van der Waals surface area contributed by atoms with Crippen LogP contribution in [0.2, 0.25) is 5.02 Å². The number of likely N-dealkylation sites (tertiary alicyclic amines) is 1. The third kappa shape index (κ3) is 4.99. The molecular weight excluding hydrogens is 439 g/mol. The number of nitrogens with zero attached hydrogens (tertiary/aromatic N) is 4. The van der Waals surface area contributed by atoms with Crippen LogP contribution in [0, 0.1) is 18.7 Å². The molecule has 0 radical (unpaired) electrons. The molecule has 170 valence electrons. The molecule has 0 unspecified atom stereocenters. The summed E-state index contributed by atoms with van der Waals surface area (Å²) in [6.45, 7) is 5.80. The van der Waals surface area contributed by atoms with Crippen molar-refractivity contribution in [3.8, 4) is 11.4 Å². The molecule has 5 rings (SSSR count). The van der Waals surface area contributed by atoms with Crippen LogP contribution >= 0.6 is 11.6 Å². The molecule has 1 atom stereocenters. The van der Waals surface area contributed by atoms with Gasteiger partial charge < -0.3 is 10.3 Å². The Hall–Kier alpha value is -3.03. The van der Waals surface area contributed by atoms with Crippen LogP contribution in [-0.4, -0.2) is 44.5 Å². The van der Waals surface area contributed by atoms with Crippen molar-refractivity contribution in [2.24, 2.45) is 5.92 Å². The van der Waals surface area contributed by atoms with Crippen molar-refractivity contribution < 1.29 is 4.39 Å². The van der Waals surface area contributed by atoms with Crippen molar-refractivity contribution in [3.63, 3.8) is 0 Å². The third-order valence-electron chi connectivity index (χ3n) is 6.13. The van der Waals surface area contributed by atoms with Crippen LogP contribution in [0.4, 0.5) is 10.2 Å². The number of pyridine rings is 1. The molecule has 0 aliphatic carbocycles. The number of piperidine rings is 1. The fourth-order valence-electron chi connectivity index (χ4n) is 4.55. The summed E-state index contributed by atoms with van der Waals surface area (Å²) < 4.78 is 14.5. The van der Waals surface area contributed by atoms with E-state index in [2.05, 4.69) is 61.3 Å². The number of halogens is 2. The van der Waals surface area contributed by atoms with Gasteiger partial charge in [0.1, 0.15) is 5.65 Å². The highest BCUT2D eigenvalue weighted by molar-refractivity contribution is 6.31. The Kier molecular flexibility index (Phi) is 6.24. The van der Waals surface area contributed by atoms with Gasteiger partial charge in [0, 0.05) is 43.0 Å². The van der Waals surface area contributed by atoms with Gasteiger partial charge in [-0.15, -0.1) is 0 Å². The monoisotopic (exact) mass is 464 g/mol. The molecule has 0 bridgehead atoms. The van der Waals surface area contributed by atoms with E-state index in [1.807, 2.05) is 0 Å². The Morgan fingerprint density at radius 3 is 3.03 bits per heavy atom. The number of aryl methyl sites for hydroxylation is 1. The number of benzene rings is 1. The number of fused-ring (bicyclic) bond motifs is 1. The van der Waals surface area contributed by atoms with E-state index in [0.717, 1.165) is 43.4 Å². The Morgan fingerprint density at radius 1 is 1.24 bits per heavy atom. The normalized spacial score (nSPS) is 16.9. The van der Waals surface area contributed by atoms with Gasteiger partial charge in [0.25, 0.3) is 0 Å². The zero-order valence-electron chi connectivity index (χ0n) is 18.5. The molecule has 1 aliphatic rings. The first-order valence-corrected chi connectivity index (χ1v) is 11.6. The summed E-state index contributed by atoms with van der Waals surface area (Å²) in [5.41, 5.74) is 4.05. The molecule has 0 spiro atoms. The molecule has 0 amide bonds. The maximum atomic E-state index is 14.5. The number of hydrogen-bond acceptors (Lipinski definition) is 5. The lowest BCUT2D eigenvalue weighted by Gasteiger charge is -2.33. The Morgan fingerprint density at radius 2 is 2.15 bits per heavy atom. The van der Waals surface area contributed by atoms with E-state index >= 15 is 0 Å². The lowest BCUT2D eigenvalue weighted by molar-refractivity contribution is 0.173. The Balaban J connectivity index is 1.27. The minimum Gasteiger partial charge on any atom is -0.367 e. The lowest BCUT2D eigenvalue weighted by Crippen LogP contribution is -2.37. The number of rotatable bonds is 6. The average Bonchev–Trinajstić information content (AvgIpc) is 3.22. The van der Waals surface area contributed by atoms with Crippen molar-refractivity contribution in [3.05, 3.63) is 70.9 Å². The standard InChI is InChI=1S/C25H26ClFN6/c1-16-4-2-5-17(8-16)14-33-7-3-6-18(15-33)10-28-25-22(27)13-31-24(32-25)21-12-30-23-20(21)9-19(26)11-29-23/h2,4-5,8-9,11-13,18H,3,6-7,10,14-15H2,1H3,(H,29,30)(H,28,31,32)/t18-/m0/s1. The van der Waals surface area contributed by atoms with Crippen molar-refractivity contribution in [1.82, 2.24) is 24.8 Å². The molecule has 3 aromatic heterocycles. The third-order valence-corrected chi connectivity index (χ3v) is 6.34. The molecule has 1 saturated heterocycles. The SMILES string of the molecule is Cc1cccc(CN2CCC[C@@H](CNc3nc(-c4c[nH]c5ncc(Cl)cc45)ncc3F)C2)c1. The minimum atomic E-state index is -0.456. The summed E-state index contributed by atoms with van der Waals surface area (Å²) in [5, 5.41) is 4.56. The highest BCUT2D eigenvalue weighted by atomic mass is 35.5. The molecule has 1 aliphatic heterocycles. The van der Waals surface area contributed by atoms with Crippen LogP contribution in [0.25, 0.3) is 22.4 Å². The maximum absolute atomic E-state index is 14.5. The van der Waals surface area contributed by atoms with E-state index in [0.29, 0.717) is 29.0 Å². The van der Waals surface area contributed by atoms with Gasteiger partial charge in [0.2, 0.25) is 0 Å². The van der Waals surface area contributed by atoms with Crippen LogP contribution < -0.4 is 5.32 Å². The van der Waals surface area contributed by atoms with E-state index in [1.165, 1.54) is 17.3 Å². The second-order valence-corrected chi connectivity index (χ2v) is 9.19. The molecule has 33 heavy (non-hydrogen) atoms. The number of aromatic amines is 1. The van der Waals surface area contributed by atoms with Gasteiger partial charge >= 0.3 is 0 Å². The number of H-pyrrole nitrogens is 1. The minimum absolute atomic E-state index is 0.222. The highest BCUT2D eigenvalue weighted by Gasteiger charge is 2.21. The molecule has 2 N–H and O–H groups in total. The summed E-state index contributed by atoms with van der Waals surface area (Å²) >= 11 is 6.10. The first-order valence-electron chi connectivity index (χ1n) is 11.2. The van der Waals surface area contributed by atoms with Crippen molar-refractivity contribution in [2.45, 2.75) is 26.3 Å². The summed E-state index contributed by atoms with van der Waals surface area (Å²) in [6, 6.07) is 10.5. The summed E-state index contributed by atoms with van der Waals surface area (Å²) in [7, 11) is 0. The first-order chi connectivity index (χ1) is 16.0. The van der Waals surface area contributed by atoms with Gasteiger partial charge in [-0.1, -0.05) is 41.4 Å². The lowest BCUT2D eigenvalue weighted by atomic mass is 9.97. The molecule has 4 aromatic rings. The van der Waals surface area contributed by atoms with Gasteiger partial charge in [-0.3, -0.25) is 4.90 Å². The topological polar surface area (TPSA) is 69.7 Å². The van der Waals surface area contributed by atoms with Gasteiger partial charge in [-0.05, 0) is 43.9 Å². The van der Waals surface area contributed by atoms with Crippen molar-refractivity contribution in [1.29, 1.82) is 0 Å². The highest BCUT2D eigenvalue weighted by Crippen LogP contribution is 2.28. The van der Waals surface area contributed by atoms with Crippen LogP contribution in [0.5, 0.6) is 0 Å². The molecule has 0 saturated carbocycles. The Bertz CT molecular complexity index is 1270. The second-order valence-electron chi connectivity index (χ2n) is 8.76. The van der Waals surface area contributed by atoms with Crippen molar-refractivity contribution >= 4 is 28.5 Å². The summed E-state index contributed by atoms with van der Waals surface area (Å²) in [5.74, 6) is 0.624. The first kappa shape index (κ1) is 21.8. The molecular formula is C25H26ClFN6. The van der Waals surface area contributed by atoms with E-state index in [-0.39, 0.29) is 5.82 Å². The van der Waals surface area contributed by atoms with Crippen LogP contribution in [-0.2, 0) is 6.54 Å². The van der Waals surface area contributed by atoms with Gasteiger partial charge in [0.05, 0.1) is 11.2 Å². The molecule has 1 fully saturated rings. The fraction of sp³-hybridized carbons (Fsp3) is 0.320. The van der Waals surface area contributed by atoms with E-state index in [1.54, 1.807) is 18.5 Å². The zero-order chi connectivity index (χ0) is 22.8. The van der Waals surface area contributed by atoms with E-state index in [4.69, 9.17) is 11.6 Å². The molecule has 4 heterocycles. The number of hydrogen-bond donors (Lipinski definition) is 2. The number of nitrogens with one attached hydrogen (secondary N) is 2. The van der Waals surface area contributed by atoms with Gasteiger partial charge in [0.15, 0.2) is 17.5 Å². The molecule has 1 aromatic carbocycles. The predicted octanol–water partition coefficient (Wildman–Crippen LogP) is 5.44. The number of aromatic nitrogens is 4. The van der Waals surface area contributed by atoms with Crippen LogP contribution in [0.15, 0.2) is 48.9 Å². The van der Waals surface area contributed by atoms with E-state index in [9.17, 15) is 4.39 Å². The van der Waals surface area contributed by atoms with Crippen molar-refractivity contribution in [2.75, 3.05) is 25.0 Å². The van der Waals surface area contributed by atoms with Crippen LogP contribution in [0.3, 0.4) is 0 Å². The quantitative estimate of drug-likeness (QED) is 0.397. The van der Waals surface area contributed by atoms with Gasteiger partial charge in [-0.2, -0.15) is 0 Å². The summed E-state index contributed by atoms with van der Waals surface area (Å²) in [4.78, 5) is 18.5. The largest absolute Gasteiger partial charge is 0.367 e. The van der Waals surface area contributed by atoms with Crippen LogP contribution in [0.1, 0.15) is 24.0 Å². The average molecular weight is 465 g/mol. The second kappa shape index (κ2) is 9.45. The maximum Gasteiger partial charge on any atom is 0.183 e. The van der Waals surface area contributed by atoms with Gasteiger partial charge in [-0.25, -0.2) is 19.3 Å². The zero-order valence-corrected chi connectivity index (χ0v) is 19.2. The predicted molar refractivity (Wildman–Crippen MR) is 130 cm³/mol. The van der Waals surface area contributed by atoms with E-state index < -0.39 is 5.82 Å². The fourth-order valence-corrected chi connectivity index (χ4v) is 4.71. The molecule has 8 heteroatoms. The summed E-state index contributed by atoms with van der Waals surface area (Å²) in [6.07, 6.45) is 6.82. The number of anilines is 1.